The number of fused-ring (bicyclic) bond motifs is 1. The Balaban J connectivity index is 1.47. The lowest BCUT2D eigenvalue weighted by atomic mass is 10.0. The van der Waals surface area contributed by atoms with Crippen molar-refractivity contribution in [3.63, 3.8) is 0 Å². The number of amides is 1. The average Bonchev–Trinajstić information content (AvgIpc) is 3.00. The first-order valence-corrected chi connectivity index (χ1v) is 8.84. The van der Waals surface area contributed by atoms with Gasteiger partial charge in [0.25, 0.3) is 5.91 Å². The lowest BCUT2D eigenvalue weighted by molar-refractivity contribution is -0.0461. The van der Waals surface area contributed by atoms with Crippen LogP contribution in [-0.2, 0) is 11.2 Å². The summed E-state index contributed by atoms with van der Waals surface area (Å²) in [5.74, 6) is 0.626. The summed E-state index contributed by atoms with van der Waals surface area (Å²) in [4.78, 5) is 14.8. The molecule has 2 aliphatic rings. The number of ether oxygens (including phenoxy) is 1. The molecule has 1 N–H and O–H groups in total. The highest BCUT2D eigenvalue weighted by atomic mass is 16.5. The summed E-state index contributed by atoms with van der Waals surface area (Å²) in [5.41, 5.74) is 2.01. The predicted octanol–water partition coefficient (Wildman–Crippen LogP) is 2.48. The van der Waals surface area contributed by atoms with Gasteiger partial charge in [0, 0.05) is 24.7 Å². The monoisotopic (exact) mass is 316 g/mol. The number of benzene rings is 1. The van der Waals surface area contributed by atoms with E-state index in [9.17, 15) is 4.79 Å². The second kappa shape index (κ2) is 7.45. The third-order valence-electron chi connectivity index (χ3n) is 4.81. The highest BCUT2D eigenvalue weighted by Gasteiger charge is 2.32. The molecule has 0 spiro atoms. The Morgan fingerprint density at radius 1 is 1.35 bits per heavy atom. The van der Waals surface area contributed by atoms with E-state index in [4.69, 9.17) is 4.74 Å². The molecule has 1 amide bonds. The number of nitrogens with zero attached hydrogens (tertiary/aromatic N) is 1. The van der Waals surface area contributed by atoms with Gasteiger partial charge in [0.1, 0.15) is 0 Å². The van der Waals surface area contributed by atoms with E-state index < -0.39 is 0 Å². The standard InChI is InChI=1S/C19H28N2O2/c1-14(2)10-15-5-7-16(8-6-15)19(22)20-11-18-12-21-9-3-4-17(21)13-23-18/h5-8,14,17-18H,3-4,9-13H2,1-2H3,(H,20,22). The molecule has 2 aliphatic heterocycles. The molecule has 2 heterocycles. The molecule has 23 heavy (non-hydrogen) atoms. The van der Waals surface area contributed by atoms with Crippen LogP contribution in [0.15, 0.2) is 24.3 Å². The minimum absolute atomic E-state index is 0.00626. The molecule has 1 aromatic carbocycles. The fourth-order valence-corrected chi connectivity index (χ4v) is 3.58. The Morgan fingerprint density at radius 2 is 2.13 bits per heavy atom. The molecule has 2 atom stereocenters. The summed E-state index contributed by atoms with van der Waals surface area (Å²) in [6.45, 7) is 7.93. The van der Waals surface area contributed by atoms with Crippen molar-refractivity contribution in [1.82, 2.24) is 10.2 Å². The summed E-state index contributed by atoms with van der Waals surface area (Å²) >= 11 is 0. The zero-order valence-electron chi connectivity index (χ0n) is 14.3. The van der Waals surface area contributed by atoms with Crippen LogP contribution < -0.4 is 5.32 Å². The lowest BCUT2D eigenvalue weighted by Crippen LogP contribution is -2.50. The van der Waals surface area contributed by atoms with Gasteiger partial charge in [0.05, 0.1) is 12.7 Å². The molecule has 126 valence electrons. The summed E-state index contributed by atoms with van der Waals surface area (Å²) in [6, 6.07) is 8.56. The smallest absolute Gasteiger partial charge is 0.251 e. The Labute approximate surface area is 139 Å². The molecule has 0 aliphatic carbocycles. The Hall–Kier alpha value is -1.39. The fraction of sp³-hybridized carbons (Fsp3) is 0.632. The Bertz CT molecular complexity index is 527. The van der Waals surface area contributed by atoms with Gasteiger partial charge in [-0.05, 0) is 49.4 Å². The highest BCUT2D eigenvalue weighted by molar-refractivity contribution is 5.94. The maximum Gasteiger partial charge on any atom is 0.251 e. The molecule has 3 rings (SSSR count). The second-order valence-electron chi connectivity index (χ2n) is 7.25. The minimum Gasteiger partial charge on any atom is -0.373 e. The van der Waals surface area contributed by atoms with E-state index in [0.29, 0.717) is 18.5 Å². The first kappa shape index (κ1) is 16.5. The average molecular weight is 316 g/mol. The van der Waals surface area contributed by atoms with Crippen molar-refractivity contribution in [2.24, 2.45) is 5.92 Å². The lowest BCUT2D eigenvalue weighted by Gasteiger charge is -2.35. The number of nitrogens with one attached hydrogen (secondary N) is 1. The van der Waals surface area contributed by atoms with Crippen molar-refractivity contribution in [1.29, 1.82) is 0 Å². The number of hydrogen-bond acceptors (Lipinski definition) is 3. The van der Waals surface area contributed by atoms with Crippen molar-refractivity contribution in [2.45, 2.75) is 45.3 Å². The Kier molecular flexibility index (Phi) is 5.34. The van der Waals surface area contributed by atoms with Gasteiger partial charge in [-0.25, -0.2) is 0 Å². The largest absolute Gasteiger partial charge is 0.373 e. The van der Waals surface area contributed by atoms with E-state index in [2.05, 4.69) is 36.2 Å². The van der Waals surface area contributed by atoms with Crippen LogP contribution in [-0.4, -0.2) is 49.2 Å². The van der Waals surface area contributed by atoms with E-state index in [0.717, 1.165) is 25.1 Å². The molecule has 0 bridgehead atoms. The van der Waals surface area contributed by atoms with Gasteiger partial charge < -0.3 is 10.1 Å². The molecule has 0 radical (unpaired) electrons. The van der Waals surface area contributed by atoms with Gasteiger partial charge >= 0.3 is 0 Å². The van der Waals surface area contributed by atoms with E-state index in [1.807, 2.05) is 12.1 Å². The van der Waals surface area contributed by atoms with Gasteiger partial charge in [-0.3, -0.25) is 9.69 Å². The van der Waals surface area contributed by atoms with Crippen LogP contribution in [0.25, 0.3) is 0 Å². The highest BCUT2D eigenvalue weighted by Crippen LogP contribution is 2.22. The van der Waals surface area contributed by atoms with E-state index in [1.54, 1.807) is 0 Å². The van der Waals surface area contributed by atoms with Crippen LogP contribution in [0.1, 0.15) is 42.6 Å². The van der Waals surface area contributed by atoms with Gasteiger partial charge in [-0.2, -0.15) is 0 Å². The van der Waals surface area contributed by atoms with E-state index in [1.165, 1.54) is 24.9 Å². The van der Waals surface area contributed by atoms with Gasteiger partial charge in [0.15, 0.2) is 0 Å². The van der Waals surface area contributed by atoms with Crippen LogP contribution in [0.4, 0.5) is 0 Å². The first-order valence-electron chi connectivity index (χ1n) is 8.84. The number of hydrogen-bond donors (Lipinski definition) is 1. The van der Waals surface area contributed by atoms with Crippen LogP contribution in [0.2, 0.25) is 0 Å². The van der Waals surface area contributed by atoms with Gasteiger partial charge in [-0.1, -0.05) is 26.0 Å². The van der Waals surface area contributed by atoms with Crippen LogP contribution >= 0.6 is 0 Å². The molecular weight excluding hydrogens is 288 g/mol. The molecular formula is C19H28N2O2. The van der Waals surface area contributed by atoms with Crippen LogP contribution in [0.5, 0.6) is 0 Å². The van der Waals surface area contributed by atoms with Crippen molar-refractivity contribution < 1.29 is 9.53 Å². The summed E-state index contributed by atoms with van der Waals surface area (Å²) in [6.07, 6.45) is 3.69. The topological polar surface area (TPSA) is 41.6 Å². The molecule has 1 aromatic rings. The summed E-state index contributed by atoms with van der Waals surface area (Å²) < 4.78 is 5.88. The predicted molar refractivity (Wildman–Crippen MR) is 91.7 cm³/mol. The quantitative estimate of drug-likeness (QED) is 0.907. The molecule has 2 fully saturated rings. The first-order chi connectivity index (χ1) is 11.1. The number of carbonyl (C=O) groups is 1. The van der Waals surface area contributed by atoms with Crippen molar-refractivity contribution in [3.05, 3.63) is 35.4 Å². The molecule has 4 heteroatoms. The minimum atomic E-state index is -0.00626. The molecule has 2 saturated heterocycles. The van der Waals surface area contributed by atoms with Crippen LogP contribution in [0.3, 0.4) is 0 Å². The summed E-state index contributed by atoms with van der Waals surface area (Å²) in [7, 11) is 0. The summed E-state index contributed by atoms with van der Waals surface area (Å²) in [5, 5.41) is 3.02. The van der Waals surface area contributed by atoms with Crippen molar-refractivity contribution >= 4 is 5.91 Å². The maximum atomic E-state index is 12.3. The van der Waals surface area contributed by atoms with Crippen molar-refractivity contribution in [3.8, 4) is 0 Å². The molecule has 0 saturated carbocycles. The zero-order chi connectivity index (χ0) is 16.2. The third kappa shape index (κ3) is 4.33. The number of morpholine rings is 1. The normalized spacial score (nSPS) is 24.7. The van der Waals surface area contributed by atoms with Crippen molar-refractivity contribution in [2.75, 3.05) is 26.2 Å². The van der Waals surface area contributed by atoms with E-state index in [-0.39, 0.29) is 12.0 Å². The van der Waals surface area contributed by atoms with Gasteiger partial charge in [0.2, 0.25) is 0 Å². The maximum absolute atomic E-state index is 12.3. The number of rotatable bonds is 5. The number of carbonyl (C=O) groups excluding carboxylic acids is 1. The van der Waals surface area contributed by atoms with E-state index >= 15 is 0 Å². The van der Waals surface area contributed by atoms with Gasteiger partial charge in [-0.15, -0.1) is 0 Å². The second-order valence-corrected chi connectivity index (χ2v) is 7.25. The molecule has 4 nitrogen and oxygen atoms in total. The third-order valence-corrected chi connectivity index (χ3v) is 4.81. The zero-order valence-corrected chi connectivity index (χ0v) is 14.3. The molecule has 2 unspecified atom stereocenters. The molecule has 0 aromatic heterocycles. The fourth-order valence-electron chi connectivity index (χ4n) is 3.58. The Morgan fingerprint density at radius 3 is 2.87 bits per heavy atom. The SMILES string of the molecule is CC(C)Cc1ccc(C(=O)NCC2CN3CCCC3CO2)cc1. The van der Waals surface area contributed by atoms with Crippen LogP contribution in [0, 0.1) is 5.92 Å².